The molecule has 1 aliphatic rings. The van der Waals surface area contributed by atoms with E-state index in [0.29, 0.717) is 35.1 Å². The highest BCUT2D eigenvalue weighted by molar-refractivity contribution is 6.04. The summed E-state index contributed by atoms with van der Waals surface area (Å²) >= 11 is 0. The summed E-state index contributed by atoms with van der Waals surface area (Å²) in [4.78, 5) is 14.0. The average Bonchev–Trinajstić information content (AvgIpc) is 3.18. The molecule has 1 fully saturated rings. The first kappa shape index (κ1) is 23.2. The van der Waals surface area contributed by atoms with E-state index in [9.17, 15) is 4.79 Å². The maximum absolute atomic E-state index is 12.4. The predicted octanol–water partition coefficient (Wildman–Crippen LogP) is -0.504. The van der Waals surface area contributed by atoms with E-state index in [0.717, 1.165) is 11.9 Å². The normalized spacial score (nSPS) is 14.5. The monoisotopic (exact) mass is 426 g/mol. The van der Waals surface area contributed by atoms with Crippen LogP contribution in [0.3, 0.4) is 0 Å². The van der Waals surface area contributed by atoms with E-state index in [2.05, 4.69) is 5.32 Å². The van der Waals surface area contributed by atoms with Crippen LogP contribution >= 0.6 is 0 Å². The van der Waals surface area contributed by atoms with Gasteiger partial charge in [-0.15, -0.1) is 0 Å². The number of hydrogen-bond donors (Lipinski definition) is 2. The minimum absolute atomic E-state index is 0. The molecule has 162 valence electrons. The van der Waals surface area contributed by atoms with Crippen molar-refractivity contribution in [3.8, 4) is 17.2 Å². The molecule has 7 nitrogen and oxygen atoms in total. The number of furan rings is 1. The van der Waals surface area contributed by atoms with Crippen molar-refractivity contribution in [1.29, 1.82) is 0 Å². The number of anilines is 1. The second kappa shape index (κ2) is 10.6. The van der Waals surface area contributed by atoms with Crippen LogP contribution in [0.1, 0.15) is 33.1 Å². The molecule has 1 saturated heterocycles. The van der Waals surface area contributed by atoms with Crippen LogP contribution < -0.4 is 36.8 Å². The van der Waals surface area contributed by atoms with Gasteiger partial charge in [0.05, 0.1) is 39.0 Å². The van der Waals surface area contributed by atoms with Gasteiger partial charge in [-0.05, 0) is 25.3 Å². The summed E-state index contributed by atoms with van der Waals surface area (Å²) in [5.74, 6) is 1.13. The van der Waals surface area contributed by atoms with Crippen LogP contribution in [0, 0.1) is 5.92 Å². The van der Waals surface area contributed by atoms with E-state index in [1.807, 2.05) is 13.8 Å². The zero-order valence-corrected chi connectivity index (χ0v) is 18.4. The van der Waals surface area contributed by atoms with Gasteiger partial charge in [-0.2, -0.15) is 0 Å². The molecule has 0 bridgehead atoms. The van der Waals surface area contributed by atoms with Gasteiger partial charge in [-0.3, -0.25) is 4.79 Å². The number of ether oxygens (including phenoxy) is 3. The Labute approximate surface area is 178 Å². The second-order valence-electron chi connectivity index (χ2n) is 7.49. The molecule has 2 N–H and O–H groups in total. The Bertz CT molecular complexity index is 815. The number of piperidine rings is 1. The molecular weight excluding hydrogens is 396 g/mol. The number of likely N-dealkylation sites (tertiary alicyclic amines) is 1. The van der Waals surface area contributed by atoms with Crippen LogP contribution in [0.25, 0.3) is 11.0 Å². The highest BCUT2D eigenvalue weighted by Gasteiger charge is 2.27. The molecule has 0 unspecified atom stereocenters. The van der Waals surface area contributed by atoms with Crippen LogP contribution in [0.4, 0.5) is 5.69 Å². The van der Waals surface area contributed by atoms with Gasteiger partial charge in [-0.25, -0.2) is 0 Å². The summed E-state index contributed by atoms with van der Waals surface area (Å²) < 4.78 is 23.0. The lowest BCUT2D eigenvalue weighted by Crippen LogP contribution is -3.13. The number of benzene rings is 1. The number of fused-ring (bicyclic) bond motifs is 1. The molecule has 0 saturated carbocycles. The Kier molecular flexibility index (Phi) is 8.46. The number of nitrogens with one attached hydrogen (secondary N) is 2. The van der Waals surface area contributed by atoms with Crippen molar-refractivity contribution in [3.05, 3.63) is 12.3 Å². The first-order chi connectivity index (χ1) is 13.6. The smallest absolute Gasteiger partial charge is 0.227 e. The molecule has 8 heteroatoms. The first-order valence-corrected chi connectivity index (χ1v) is 9.99. The van der Waals surface area contributed by atoms with Crippen molar-refractivity contribution < 1.29 is 40.7 Å². The number of methoxy groups -OCH3 is 2. The fraction of sp³-hybridized carbons (Fsp3) is 0.571. The van der Waals surface area contributed by atoms with Crippen molar-refractivity contribution in [1.82, 2.24) is 0 Å². The molecule has 3 rings (SSSR count). The average molecular weight is 427 g/mol. The number of quaternary nitrogens is 1. The molecule has 2 aromatic rings. The van der Waals surface area contributed by atoms with Gasteiger partial charge in [0, 0.05) is 5.92 Å². The van der Waals surface area contributed by atoms with Crippen molar-refractivity contribution >= 4 is 22.6 Å². The Morgan fingerprint density at radius 2 is 1.83 bits per heavy atom. The van der Waals surface area contributed by atoms with Gasteiger partial charge in [0.25, 0.3) is 0 Å². The molecule has 0 atom stereocenters. The molecule has 1 aromatic carbocycles. The molecule has 0 aliphatic carbocycles. The lowest BCUT2D eigenvalue weighted by Gasteiger charge is -2.24. The van der Waals surface area contributed by atoms with Crippen LogP contribution in [0.5, 0.6) is 17.2 Å². The first-order valence-electron chi connectivity index (χ1n) is 9.99. The van der Waals surface area contributed by atoms with Crippen LogP contribution in [-0.4, -0.2) is 46.4 Å². The minimum Gasteiger partial charge on any atom is -1.00 e. The summed E-state index contributed by atoms with van der Waals surface area (Å²) in [5, 5.41) is 3.69. The van der Waals surface area contributed by atoms with Crippen LogP contribution in [-0.2, 0) is 4.79 Å². The van der Waals surface area contributed by atoms with Gasteiger partial charge in [-0.1, -0.05) is 13.8 Å². The van der Waals surface area contributed by atoms with Gasteiger partial charge in [0.1, 0.15) is 18.8 Å². The van der Waals surface area contributed by atoms with Crippen molar-refractivity contribution in [2.75, 3.05) is 45.8 Å². The lowest BCUT2D eigenvalue weighted by atomic mass is 10.1. The molecule has 1 amide bonds. The van der Waals surface area contributed by atoms with Crippen molar-refractivity contribution in [3.63, 3.8) is 0 Å². The van der Waals surface area contributed by atoms with E-state index in [-0.39, 0.29) is 24.2 Å². The SMILES string of the molecule is COc1c(NC(=O)C(C)C)c(OCC[NH+]2CCCCC2)c(OC)c2occc12.[Cl-]. The molecule has 0 spiro atoms. The Morgan fingerprint density at radius 1 is 1.14 bits per heavy atom. The van der Waals surface area contributed by atoms with Crippen LogP contribution in [0.2, 0.25) is 0 Å². The summed E-state index contributed by atoms with van der Waals surface area (Å²) in [7, 11) is 3.14. The zero-order valence-electron chi connectivity index (χ0n) is 17.6. The number of carbonyl (C=O) groups excluding carboxylic acids is 1. The molecule has 1 aromatic heterocycles. The maximum atomic E-state index is 12.4. The summed E-state index contributed by atoms with van der Waals surface area (Å²) in [5.41, 5.74) is 1.03. The third kappa shape index (κ3) is 5.08. The molecular formula is C21H31ClN2O5. The second-order valence-corrected chi connectivity index (χ2v) is 7.49. The molecule has 1 aliphatic heterocycles. The maximum Gasteiger partial charge on any atom is 0.227 e. The number of rotatable bonds is 8. The number of halogens is 1. The Balaban J connectivity index is 0.00000300. The quantitative estimate of drug-likeness (QED) is 0.595. The van der Waals surface area contributed by atoms with E-state index in [1.165, 1.54) is 32.4 Å². The lowest BCUT2D eigenvalue weighted by molar-refractivity contribution is -0.904. The number of hydrogen-bond acceptors (Lipinski definition) is 5. The molecule has 2 heterocycles. The topological polar surface area (TPSA) is 74.4 Å². The van der Waals surface area contributed by atoms with E-state index in [4.69, 9.17) is 18.6 Å². The summed E-state index contributed by atoms with van der Waals surface area (Å²) in [6.45, 7) is 7.46. The standard InChI is InChI=1S/C21H30N2O5.ClH/c1-14(2)21(24)22-16-17(25-3)15-8-12-27-18(15)20(26-4)19(16)28-13-11-23-9-6-5-7-10-23;/h8,12,14H,5-7,9-11,13H2,1-4H3,(H,22,24);1H. The highest BCUT2D eigenvalue weighted by Crippen LogP contribution is 2.50. The van der Waals surface area contributed by atoms with Crippen molar-refractivity contribution in [2.24, 2.45) is 5.92 Å². The third-order valence-corrected chi connectivity index (χ3v) is 5.22. The Morgan fingerprint density at radius 3 is 2.45 bits per heavy atom. The summed E-state index contributed by atoms with van der Waals surface area (Å²) in [6.07, 6.45) is 5.42. The minimum atomic E-state index is -0.179. The number of carbonyl (C=O) groups is 1. The largest absolute Gasteiger partial charge is 1.00 e. The molecule has 29 heavy (non-hydrogen) atoms. The van der Waals surface area contributed by atoms with E-state index in [1.54, 1.807) is 31.4 Å². The highest BCUT2D eigenvalue weighted by atomic mass is 35.5. The van der Waals surface area contributed by atoms with Gasteiger partial charge >= 0.3 is 0 Å². The predicted molar refractivity (Wildman–Crippen MR) is 108 cm³/mol. The fourth-order valence-corrected chi connectivity index (χ4v) is 3.63. The van der Waals surface area contributed by atoms with Gasteiger partial charge < -0.3 is 41.3 Å². The van der Waals surface area contributed by atoms with E-state index < -0.39 is 0 Å². The van der Waals surface area contributed by atoms with Gasteiger partial charge in [0.2, 0.25) is 11.7 Å². The Hall–Kier alpha value is -2.12. The van der Waals surface area contributed by atoms with Gasteiger partial charge in [0.15, 0.2) is 17.1 Å². The summed E-state index contributed by atoms with van der Waals surface area (Å²) in [6, 6.07) is 1.80. The molecule has 0 radical (unpaired) electrons. The van der Waals surface area contributed by atoms with Crippen molar-refractivity contribution in [2.45, 2.75) is 33.1 Å². The fourth-order valence-electron chi connectivity index (χ4n) is 3.63. The van der Waals surface area contributed by atoms with Crippen LogP contribution in [0.15, 0.2) is 16.7 Å². The zero-order chi connectivity index (χ0) is 20.1. The third-order valence-electron chi connectivity index (χ3n) is 5.22. The van der Waals surface area contributed by atoms with E-state index >= 15 is 0 Å². The number of amides is 1.